The van der Waals surface area contributed by atoms with E-state index < -0.39 is 0 Å². The van der Waals surface area contributed by atoms with Gasteiger partial charge in [-0.05, 0) is 29.3 Å². The Hall–Kier alpha value is -2.92. The summed E-state index contributed by atoms with van der Waals surface area (Å²) in [5.74, 6) is -0.275. The van der Waals surface area contributed by atoms with E-state index in [-0.39, 0.29) is 11.8 Å². The average Bonchev–Trinajstić information content (AvgIpc) is 2.74. The molecule has 0 radical (unpaired) electrons. The fraction of sp³-hybridized carbons (Fsp3) is 0.273. The number of piperazine rings is 1. The molecule has 0 aliphatic carbocycles. The third-order valence-corrected chi connectivity index (χ3v) is 5.20. The Morgan fingerprint density at radius 1 is 1.11 bits per heavy atom. The van der Waals surface area contributed by atoms with Gasteiger partial charge in [0.1, 0.15) is 0 Å². The van der Waals surface area contributed by atoms with Crippen molar-refractivity contribution in [2.45, 2.75) is 12.8 Å². The number of rotatable bonds is 4. The molecule has 0 saturated carbocycles. The highest BCUT2D eigenvalue weighted by molar-refractivity contribution is 6.01. The lowest BCUT2D eigenvalue weighted by molar-refractivity contribution is -0.117. The molecule has 2 aromatic carbocycles. The molecule has 2 heterocycles. The van der Waals surface area contributed by atoms with Crippen molar-refractivity contribution >= 4 is 28.1 Å². The molecule has 1 amide bonds. The van der Waals surface area contributed by atoms with Crippen LogP contribution in [0.2, 0.25) is 0 Å². The summed E-state index contributed by atoms with van der Waals surface area (Å²) in [6, 6.07) is 16.3. The van der Waals surface area contributed by atoms with E-state index in [1.807, 2.05) is 37.3 Å². The molecule has 138 valence electrons. The van der Waals surface area contributed by atoms with E-state index in [0.29, 0.717) is 0 Å². The predicted octanol–water partition coefficient (Wildman–Crippen LogP) is 3.39. The first kappa shape index (κ1) is 17.5. The number of carbonyl (C=O) groups is 1. The minimum absolute atomic E-state index is 0.0178. The van der Waals surface area contributed by atoms with Crippen LogP contribution in [0.15, 0.2) is 60.9 Å². The second-order valence-corrected chi connectivity index (χ2v) is 6.91. The summed E-state index contributed by atoms with van der Waals surface area (Å²) in [4.78, 5) is 19.5. The molecule has 1 saturated heterocycles. The molecule has 0 bridgehead atoms. The standard InChI is InChI=1S/C22H24N4O/c1-16(18-8-4-6-17-5-2-3-7-19(17)18)22(27)25-20-15-24-10-9-21(20)26-13-11-23-12-14-26/h2-10,15-16,23H,11-14H2,1H3,(H,25,27). The third kappa shape index (κ3) is 3.64. The van der Waals surface area contributed by atoms with E-state index in [2.05, 4.69) is 38.7 Å². The Morgan fingerprint density at radius 2 is 1.89 bits per heavy atom. The summed E-state index contributed by atoms with van der Waals surface area (Å²) in [5.41, 5.74) is 2.85. The summed E-state index contributed by atoms with van der Waals surface area (Å²) in [7, 11) is 0. The van der Waals surface area contributed by atoms with Crippen LogP contribution < -0.4 is 15.5 Å². The van der Waals surface area contributed by atoms with Gasteiger partial charge in [0.15, 0.2) is 0 Å². The summed E-state index contributed by atoms with van der Waals surface area (Å²) in [5, 5.41) is 8.74. The first-order valence-corrected chi connectivity index (χ1v) is 9.42. The number of pyridine rings is 1. The number of benzene rings is 2. The van der Waals surface area contributed by atoms with Crippen molar-refractivity contribution in [2.24, 2.45) is 0 Å². The zero-order valence-corrected chi connectivity index (χ0v) is 15.5. The molecule has 3 aromatic rings. The Bertz CT molecular complexity index is 944. The number of amides is 1. The van der Waals surface area contributed by atoms with Gasteiger partial charge in [-0.15, -0.1) is 0 Å². The Kier molecular flexibility index (Phi) is 5.03. The summed E-state index contributed by atoms with van der Waals surface area (Å²) < 4.78 is 0. The summed E-state index contributed by atoms with van der Waals surface area (Å²) in [6.45, 7) is 5.69. The number of fused-ring (bicyclic) bond motifs is 1. The maximum absolute atomic E-state index is 13.0. The van der Waals surface area contributed by atoms with Crippen LogP contribution in [0.4, 0.5) is 11.4 Å². The number of anilines is 2. The number of nitrogens with one attached hydrogen (secondary N) is 2. The zero-order valence-electron chi connectivity index (χ0n) is 15.5. The Labute approximate surface area is 159 Å². The van der Waals surface area contributed by atoms with Gasteiger partial charge >= 0.3 is 0 Å². The Morgan fingerprint density at radius 3 is 2.74 bits per heavy atom. The summed E-state index contributed by atoms with van der Waals surface area (Å²) in [6.07, 6.45) is 3.52. The van der Waals surface area contributed by atoms with Gasteiger partial charge in [0.2, 0.25) is 5.91 Å². The van der Waals surface area contributed by atoms with Crippen LogP contribution in [0.3, 0.4) is 0 Å². The summed E-state index contributed by atoms with van der Waals surface area (Å²) >= 11 is 0. The molecule has 5 heteroatoms. The van der Waals surface area contributed by atoms with Gasteiger partial charge in [-0.25, -0.2) is 0 Å². The molecule has 1 aliphatic heterocycles. The topological polar surface area (TPSA) is 57.3 Å². The molecule has 2 N–H and O–H groups in total. The predicted molar refractivity (Wildman–Crippen MR) is 110 cm³/mol. The van der Waals surface area contributed by atoms with Crippen LogP contribution in [-0.4, -0.2) is 37.1 Å². The number of nitrogens with zero attached hydrogens (tertiary/aromatic N) is 2. The molecule has 1 aromatic heterocycles. The largest absolute Gasteiger partial charge is 0.367 e. The fourth-order valence-corrected chi connectivity index (χ4v) is 3.68. The van der Waals surface area contributed by atoms with Crippen LogP contribution >= 0.6 is 0 Å². The number of hydrogen-bond acceptors (Lipinski definition) is 4. The van der Waals surface area contributed by atoms with Crippen LogP contribution in [0, 0.1) is 0 Å². The molecule has 1 fully saturated rings. The molecular formula is C22H24N4O. The minimum atomic E-state index is -0.257. The third-order valence-electron chi connectivity index (χ3n) is 5.20. The van der Waals surface area contributed by atoms with Gasteiger partial charge in [0, 0.05) is 32.4 Å². The van der Waals surface area contributed by atoms with E-state index >= 15 is 0 Å². The second-order valence-electron chi connectivity index (χ2n) is 6.91. The quantitative estimate of drug-likeness (QED) is 0.749. The average molecular weight is 360 g/mol. The van der Waals surface area contributed by atoms with Gasteiger partial charge in [0.05, 0.1) is 23.5 Å². The highest BCUT2D eigenvalue weighted by Gasteiger charge is 2.20. The van der Waals surface area contributed by atoms with Crippen molar-refractivity contribution in [1.29, 1.82) is 0 Å². The van der Waals surface area contributed by atoms with Crippen molar-refractivity contribution in [1.82, 2.24) is 10.3 Å². The molecule has 27 heavy (non-hydrogen) atoms. The van der Waals surface area contributed by atoms with E-state index in [0.717, 1.165) is 53.9 Å². The van der Waals surface area contributed by atoms with Crippen LogP contribution in [0.25, 0.3) is 10.8 Å². The van der Waals surface area contributed by atoms with Crippen molar-refractivity contribution < 1.29 is 4.79 Å². The SMILES string of the molecule is CC(C(=O)Nc1cnccc1N1CCNCC1)c1cccc2ccccc12. The first-order valence-electron chi connectivity index (χ1n) is 9.42. The fourth-order valence-electron chi connectivity index (χ4n) is 3.68. The smallest absolute Gasteiger partial charge is 0.231 e. The molecule has 1 aliphatic rings. The lowest BCUT2D eigenvalue weighted by atomic mass is 9.94. The van der Waals surface area contributed by atoms with Crippen molar-refractivity contribution in [3.63, 3.8) is 0 Å². The normalized spacial score (nSPS) is 15.5. The highest BCUT2D eigenvalue weighted by Crippen LogP contribution is 2.29. The molecule has 5 nitrogen and oxygen atoms in total. The molecule has 1 atom stereocenters. The van der Waals surface area contributed by atoms with E-state index in [1.165, 1.54) is 0 Å². The Balaban J connectivity index is 1.59. The van der Waals surface area contributed by atoms with Crippen LogP contribution in [0.1, 0.15) is 18.4 Å². The molecule has 0 spiro atoms. The maximum Gasteiger partial charge on any atom is 0.231 e. The van der Waals surface area contributed by atoms with Gasteiger partial charge in [-0.2, -0.15) is 0 Å². The van der Waals surface area contributed by atoms with E-state index in [4.69, 9.17) is 0 Å². The lowest BCUT2D eigenvalue weighted by Gasteiger charge is -2.31. The molecular weight excluding hydrogens is 336 g/mol. The van der Waals surface area contributed by atoms with Crippen molar-refractivity contribution in [2.75, 3.05) is 36.4 Å². The van der Waals surface area contributed by atoms with Gasteiger partial charge in [-0.3, -0.25) is 9.78 Å². The lowest BCUT2D eigenvalue weighted by Crippen LogP contribution is -2.43. The highest BCUT2D eigenvalue weighted by atomic mass is 16.1. The van der Waals surface area contributed by atoms with Gasteiger partial charge in [-0.1, -0.05) is 42.5 Å². The van der Waals surface area contributed by atoms with Gasteiger partial charge < -0.3 is 15.5 Å². The maximum atomic E-state index is 13.0. The van der Waals surface area contributed by atoms with E-state index in [1.54, 1.807) is 12.4 Å². The number of carbonyl (C=O) groups excluding carboxylic acids is 1. The van der Waals surface area contributed by atoms with Crippen LogP contribution in [0.5, 0.6) is 0 Å². The van der Waals surface area contributed by atoms with E-state index in [9.17, 15) is 4.79 Å². The minimum Gasteiger partial charge on any atom is -0.367 e. The number of hydrogen-bond donors (Lipinski definition) is 2. The van der Waals surface area contributed by atoms with Gasteiger partial charge in [0.25, 0.3) is 0 Å². The molecule has 1 unspecified atom stereocenters. The number of aromatic nitrogens is 1. The van der Waals surface area contributed by atoms with Crippen molar-refractivity contribution in [3.8, 4) is 0 Å². The second kappa shape index (κ2) is 7.76. The molecule has 4 rings (SSSR count). The van der Waals surface area contributed by atoms with Crippen molar-refractivity contribution in [3.05, 3.63) is 66.5 Å². The van der Waals surface area contributed by atoms with Crippen LogP contribution in [-0.2, 0) is 4.79 Å². The first-order chi connectivity index (χ1) is 13.2. The zero-order chi connectivity index (χ0) is 18.6. The monoisotopic (exact) mass is 360 g/mol.